The SMILES string of the molecule is CC[C@H]1OC(=O)[C@H](C)[C@@H](O[C@H]2C[C@@](C)(OC)[C@@H](O)[C@H](C)O2)[C@H](C)[C@@H](O[C@@H]2O[C@H](C)C[C@@H](N(C)C)[C@H]2O)[C@](C)(O)C[C@@H](C)CN(C(=S)Nc2cccc(OC(F)(F)F)c2)[C@H](C)[C@@H](O)[C@]1(C)O. The zero-order valence-electron chi connectivity index (χ0n) is 39.9. The lowest BCUT2D eigenvalue weighted by Crippen LogP contribution is -2.61. The molecule has 20 heteroatoms. The summed E-state index contributed by atoms with van der Waals surface area (Å²) in [5.74, 6) is -3.89. The summed E-state index contributed by atoms with van der Waals surface area (Å²) in [6, 6.07) is 3.64. The second kappa shape index (κ2) is 21.9. The lowest BCUT2D eigenvalue weighted by atomic mass is 9.77. The summed E-state index contributed by atoms with van der Waals surface area (Å²) in [4.78, 5) is 17.9. The third-order valence-electron chi connectivity index (χ3n) is 13.5. The summed E-state index contributed by atoms with van der Waals surface area (Å²) in [5.41, 5.74) is -4.88. The predicted molar refractivity (Wildman–Crippen MR) is 238 cm³/mol. The van der Waals surface area contributed by atoms with Gasteiger partial charge in [0.1, 0.15) is 35.8 Å². The maximum atomic E-state index is 14.5. The van der Waals surface area contributed by atoms with E-state index in [9.17, 15) is 43.5 Å². The lowest BCUT2D eigenvalue weighted by molar-refractivity contribution is -0.318. The highest BCUT2D eigenvalue weighted by Crippen LogP contribution is 2.40. The highest BCUT2D eigenvalue weighted by molar-refractivity contribution is 7.80. The monoisotopic (exact) mass is 953 g/mol. The van der Waals surface area contributed by atoms with Crippen molar-refractivity contribution in [1.82, 2.24) is 9.80 Å². The van der Waals surface area contributed by atoms with Crippen LogP contribution < -0.4 is 10.1 Å². The van der Waals surface area contributed by atoms with Crippen molar-refractivity contribution in [2.75, 3.05) is 33.1 Å². The van der Waals surface area contributed by atoms with Crippen LogP contribution in [0.2, 0.25) is 0 Å². The number of hydrogen-bond donors (Lipinski definition) is 6. The number of halogens is 3. The molecule has 3 aliphatic rings. The minimum atomic E-state index is -4.95. The number of methoxy groups -OCH3 is 1. The molecule has 16 nitrogen and oxygen atoms in total. The Hall–Kier alpha value is -2.47. The van der Waals surface area contributed by atoms with Crippen molar-refractivity contribution in [3.63, 3.8) is 0 Å². The first-order valence-corrected chi connectivity index (χ1v) is 22.8. The Labute approximate surface area is 386 Å². The molecule has 3 heterocycles. The number of rotatable bonds is 9. The standard InChI is InChI=1S/C45H74F3N3O13S/c1-14-32-44(10,57)36(53)27(6)51(41(65)49-29-16-15-17-30(19-29)64-45(46,47)48)22-23(2)20-42(8,56)38(63-40-34(52)31(50(11)12)18-24(3)59-40)25(4)35(26(5)39(55)61-32)62-33-21-43(9,58-13)37(54)28(7)60-33/h15-17,19,23-28,31-38,40,52-54,56-57H,14,18,20-22H2,1-13H3,(H,49,65)/t23-,24-,25+,26-,27-,28+,31-,32-,33+,34-,35+,36-,37+,38-,40+,42-,43-,44-/m1/s1. The molecule has 4 rings (SSSR count). The molecule has 0 aromatic heterocycles. The van der Waals surface area contributed by atoms with Crippen LogP contribution in [-0.4, -0.2) is 171 Å². The van der Waals surface area contributed by atoms with Crippen molar-refractivity contribution in [3.8, 4) is 5.75 Å². The second-order valence-electron chi connectivity index (χ2n) is 19.4. The van der Waals surface area contributed by atoms with Gasteiger partial charge < -0.3 is 73.8 Å². The first kappa shape index (κ1) is 55.1. The van der Waals surface area contributed by atoms with Crippen LogP contribution in [0, 0.1) is 17.8 Å². The van der Waals surface area contributed by atoms with Gasteiger partial charge in [0.25, 0.3) is 0 Å². The summed E-state index contributed by atoms with van der Waals surface area (Å²) in [6.45, 7) is 16.5. The third-order valence-corrected chi connectivity index (χ3v) is 13.8. The number of alkyl halides is 3. The molecule has 65 heavy (non-hydrogen) atoms. The molecule has 3 aliphatic heterocycles. The fourth-order valence-electron chi connectivity index (χ4n) is 9.74. The van der Waals surface area contributed by atoms with E-state index >= 15 is 0 Å². The number of hydrogen-bond acceptors (Lipinski definition) is 15. The van der Waals surface area contributed by atoms with E-state index in [-0.39, 0.29) is 48.8 Å². The molecule has 0 aliphatic carbocycles. The van der Waals surface area contributed by atoms with Crippen molar-refractivity contribution in [3.05, 3.63) is 24.3 Å². The number of carbonyl (C=O) groups excluding carboxylic acids is 1. The van der Waals surface area contributed by atoms with Gasteiger partial charge in [-0.25, -0.2) is 0 Å². The summed E-state index contributed by atoms with van der Waals surface area (Å²) in [7, 11) is 5.13. The summed E-state index contributed by atoms with van der Waals surface area (Å²) >= 11 is 5.85. The number of thiocarbonyl (C=S) groups is 1. The van der Waals surface area contributed by atoms with E-state index < -0.39 is 114 Å². The van der Waals surface area contributed by atoms with Crippen LogP contribution in [0.15, 0.2) is 24.3 Å². The van der Waals surface area contributed by atoms with Crippen molar-refractivity contribution in [2.45, 2.75) is 192 Å². The zero-order chi connectivity index (χ0) is 49.1. The van der Waals surface area contributed by atoms with Crippen LogP contribution in [0.1, 0.15) is 94.9 Å². The van der Waals surface area contributed by atoms with Crippen molar-refractivity contribution < 1.29 is 76.7 Å². The van der Waals surface area contributed by atoms with Crippen LogP contribution >= 0.6 is 12.2 Å². The Morgan fingerprint density at radius 1 is 1.00 bits per heavy atom. The van der Waals surface area contributed by atoms with E-state index in [4.69, 9.17) is 40.6 Å². The van der Waals surface area contributed by atoms with Gasteiger partial charge in [-0.3, -0.25) is 4.79 Å². The summed E-state index contributed by atoms with van der Waals surface area (Å²) < 4.78 is 81.2. The Balaban J connectivity index is 1.85. The molecular weight excluding hydrogens is 880 g/mol. The molecule has 6 N–H and O–H groups in total. The van der Waals surface area contributed by atoms with E-state index in [0.717, 1.165) is 12.1 Å². The van der Waals surface area contributed by atoms with Crippen LogP contribution in [0.4, 0.5) is 18.9 Å². The maximum Gasteiger partial charge on any atom is 0.573 e. The zero-order valence-corrected chi connectivity index (χ0v) is 40.8. The molecule has 1 aromatic carbocycles. The number of benzene rings is 1. The number of nitrogens with one attached hydrogen (secondary N) is 1. The van der Waals surface area contributed by atoms with E-state index in [2.05, 4.69) is 10.1 Å². The predicted octanol–water partition coefficient (Wildman–Crippen LogP) is 4.57. The minimum Gasteiger partial charge on any atom is -0.459 e. The van der Waals surface area contributed by atoms with Gasteiger partial charge in [0.2, 0.25) is 0 Å². The van der Waals surface area contributed by atoms with Crippen LogP contribution in [0.3, 0.4) is 0 Å². The number of nitrogens with zero attached hydrogens (tertiary/aromatic N) is 2. The van der Waals surface area contributed by atoms with Gasteiger partial charge in [0.15, 0.2) is 17.7 Å². The van der Waals surface area contributed by atoms with E-state index in [1.807, 2.05) is 32.8 Å². The number of esters is 1. The summed E-state index contributed by atoms with van der Waals surface area (Å²) in [6.07, 6.45) is -15.3. The molecule has 0 radical (unpaired) electrons. The topological polar surface area (TPSA) is 201 Å². The number of ether oxygens (including phenoxy) is 7. The van der Waals surface area contributed by atoms with Crippen molar-refractivity contribution >= 4 is 29.0 Å². The van der Waals surface area contributed by atoms with Gasteiger partial charge in [0, 0.05) is 43.8 Å². The van der Waals surface area contributed by atoms with Gasteiger partial charge >= 0.3 is 12.3 Å². The van der Waals surface area contributed by atoms with Crippen molar-refractivity contribution in [2.24, 2.45) is 17.8 Å². The van der Waals surface area contributed by atoms with Gasteiger partial charge in [-0.2, -0.15) is 0 Å². The third kappa shape index (κ3) is 13.4. The molecule has 0 unspecified atom stereocenters. The average molecular weight is 954 g/mol. The number of likely N-dealkylation sites (N-methyl/N-ethyl adjacent to an activating group) is 1. The quantitative estimate of drug-likeness (QED) is 0.148. The number of aliphatic hydroxyl groups is 5. The first-order valence-electron chi connectivity index (χ1n) is 22.4. The van der Waals surface area contributed by atoms with Gasteiger partial charge in [0.05, 0.1) is 47.6 Å². The van der Waals surface area contributed by atoms with Gasteiger partial charge in [-0.05, 0) is 112 Å². The molecular formula is C45H74F3N3O13S. The van der Waals surface area contributed by atoms with Crippen LogP contribution in [-0.2, 0) is 33.2 Å². The van der Waals surface area contributed by atoms with Crippen LogP contribution in [0.25, 0.3) is 0 Å². The lowest BCUT2D eigenvalue weighted by Gasteiger charge is -2.49. The average Bonchev–Trinajstić information content (AvgIpc) is 3.20. The number of aliphatic hydroxyl groups excluding tert-OH is 3. The Morgan fingerprint density at radius 3 is 2.23 bits per heavy atom. The summed E-state index contributed by atoms with van der Waals surface area (Å²) in [5, 5.41) is 62.6. The Morgan fingerprint density at radius 2 is 1.65 bits per heavy atom. The number of anilines is 1. The highest BCUT2D eigenvalue weighted by Gasteiger charge is 2.53. The Kier molecular flexibility index (Phi) is 18.5. The fraction of sp³-hybridized carbons (Fsp3) is 0.822. The molecule has 3 saturated heterocycles. The fourth-order valence-corrected chi connectivity index (χ4v) is 10.1. The molecule has 0 bridgehead atoms. The van der Waals surface area contributed by atoms with E-state index in [1.54, 1.807) is 53.4 Å². The number of cyclic esters (lactones) is 1. The molecule has 0 saturated carbocycles. The normalized spacial score (nSPS) is 41.8. The maximum absolute atomic E-state index is 14.5. The smallest absolute Gasteiger partial charge is 0.459 e. The number of carbonyl (C=O) groups is 1. The van der Waals surface area contributed by atoms with E-state index in [1.165, 1.54) is 26.2 Å². The van der Waals surface area contributed by atoms with Crippen LogP contribution in [0.5, 0.6) is 5.75 Å². The first-order chi connectivity index (χ1) is 30.0. The molecule has 374 valence electrons. The van der Waals surface area contributed by atoms with Gasteiger partial charge in [-0.1, -0.05) is 26.8 Å². The highest BCUT2D eigenvalue weighted by atomic mass is 32.1. The van der Waals surface area contributed by atoms with Gasteiger partial charge in [-0.15, -0.1) is 13.2 Å². The largest absolute Gasteiger partial charge is 0.573 e. The molecule has 18 atom stereocenters. The molecule has 0 amide bonds. The molecule has 3 fully saturated rings. The minimum absolute atomic E-state index is 0.0110. The Bertz CT molecular complexity index is 1730. The molecule has 1 aromatic rings. The van der Waals surface area contributed by atoms with E-state index in [0.29, 0.717) is 6.42 Å². The van der Waals surface area contributed by atoms with Crippen molar-refractivity contribution in [1.29, 1.82) is 0 Å². The molecule has 0 spiro atoms. The second-order valence-corrected chi connectivity index (χ2v) is 19.8.